The van der Waals surface area contributed by atoms with Crippen LogP contribution in [0.15, 0.2) is 36.4 Å². The van der Waals surface area contributed by atoms with Crippen LogP contribution in [0, 0.1) is 17.3 Å². The van der Waals surface area contributed by atoms with Crippen molar-refractivity contribution < 1.29 is 43.7 Å². The second-order valence-electron chi connectivity index (χ2n) is 11.3. The molecule has 1 aromatic carbocycles. The van der Waals surface area contributed by atoms with Crippen LogP contribution in [0.5, 0.6) is 0 Å². The Kier molecular flexibility index (Phi) is 15.5. The van der Waals surface area contributed by atoms with Crippen LogP contribution < -0.4 is 16.4 Å². The van der Waals surface area contributed by atoms with Crippen molar-refractivity contribution >= 4 is 29.8 Å². The quantitative estimate of drug-likeness (QED) is 0.133. The second-order valence-corrected chi connectivity index (χ2v) is 11.3. The Hall–Kier alpha value is -3.77. The predicted molar refractivity (Wildman–Crippen MR) is 155 cm³/mol. The van der Waals surface area contributed by atoms with Crippen LogP contribution >= 0.6 is 0 Å². The van der Waals surface area contributed by atoms with Crippen molar-refractivity contribution in [3.63, 3.8) is 0 Å². The second kappa shape index (κ2) is 17.9. The van der Waals surface area contributed by atoms with Crippen LogP contribution in [0.1, 0.15) is 65.0 Å². The molecule has 0 spiro atoms. The van der Waals surface area contributed by atoms with Gasteiger partial charge in [0, 0.05) is 6.54 Å². The van der Waals surface area contributed by atoms with E-state index in [1.54, 1.807) is 6.08 Å². The molecule has 0 aliphatic heterocycles. The zero-order valence-corrected chi connectivity index (χ0v) is 25.1. The Labute approximate surface area is 247 Å². The Balaban J connectivity index is 2.41. The molecule has 234 valence electrons. The molecule has 1 aromatic rings. The number of carbonyl (C=O) groups excluding carboxylic acids is 4. The largest absolute Gasteiger partial charge is 0.479 e. The van der Waals surface area contributed by atoms with Crippen LogP contribution in [0.2, 0.25) is 0 Å². The van der Waals surface area contributed by atoms with Gasteiger partial charge < -0.3 is 30.7 Å². The number of amides is 3. The van der Waals surface area contributed by atoms with Crippen molar-refractivity contribution in [1.82, 2.24) is 10.6 Å². The van der Waals surface area contributed by atoms with Crippen molar-refractivity contribution in [2.75, 3.05) is 13.1 Å². The average molecular weight is 592 g/mol. The molecular formula is C30H45N3O9. The van der Waals surface area contributed by atoms with Gasteiger partial charge in [0.05, 0.1) is 18.1 Å². The van der Waals surface area contributed by atoms with Gasteiger partial charge in [0.15, 0.2) is 6.10 Å². The number of benzene rings is 1. The lowest BCUT2D eigenvalue weighted by Gasteiger charge is -2.25. The Bertz CT molecular complexity index is 1080. The summed E-state index contributed by atoms with van der Waals surface area (Å²) in [5.41, 5.74) is 5.73. The highest BCUT2D eigenvalue weighted by molar-refractivity contribution is 6.00. The molecule has 1 rings (SSSR count). The molecule has 6 N–H and O–H groups in total. The molecule has 0 saturated carbocycles. The number of esters is 2. The molecule has 3 unspecified atom stereocenters. The Morgan fingerprint density at radius 2 is 1.67 bits per heavy atom. The van der Waals surface area contributed by atoms with E-state index in [9.17, 15) is 34.2 Å². The summed E-state index contributed by atoms with van der Waals surface area (Å²) in [6, 6.07) is 6.56. The number of nitrogens with two attached hydrogens (primary N) is 1. The topological polar surface area (TPSA) is 194 Å². The van der Waals surface area contributed by atoms with E-state index in [4.69, 9.17) is 15.2 Å². The van der Waals surface area contributed by atoms with Gasteiger partial charge in [0.2, 0.25) is 0 Å². The van der Waals surface area contributed by atoms with Gasteiger partial charge >= 0.3 is 23.9 Å². The number of nitrogens with one attached hydrogen (secondary N) is 2. The number of aliphatic hydroxyl groups is 1. The molecule has 0 bridgehead atoms. The molecule has 12 nitrogen and oxygen atoms in total. The van der Waals surface area contributed by atoms with Crippen LogP contribution in [0.25, 0.3) is 0 Å². The SMILES string of the molecule is CC(C)CC(OC(=O)C(C)(C)CNC(=O)NC(=O)/C=C/CCC(C)C(O)Cc1ccc(COC(=O)CN)cc1)C(=O)O. The number of carboxylic acids is 1. The smallest absolute Gasteiger partial charge is 0.345 e. The van der Waals surface area contributed by atoms with Gasteiger partial charge in [-0.05, 0) is 68.6 Å². The van der Waals surface area contributed by atoms with E-state index in [0.29, 0.717) is 19.3 Å². The summed E-state index contributed by atoms with van der Waals surface area (Å²) in [6.07, 6.45) is 2.64. The first-order valence-corrected chi connectivity index (χ1v) is 13.9. The lowest BCUT2D eigenvalue weighted by molar-refractivity contribution is -0.171. The Morgan fingerprint density at radius 1 is 1.05 bits per heavy atom. The van der Waals surface area contributed by atoms with E-state index < -0.39 is 47.5 Å². The number of rotatable bonds is 17. The number of aliphatic carboxylic acids is 1. The number of ether oxygens (including phenoxy) is 2. The molecule has 0 fully saturated rings. The van der Waals surface area contributed by atoms with E-state index in [1.807, 2.05) is 45.0 Å². The van der Waals surface area contributed by atoms with Crippen molar-refractivity contribution in [3.05, 3.63) is 47.5 Å². The summed E-state index contributed by atoms with van der Waals surface area (Å²) in [6.45, 7) is 8.31. The monoisotopic (exact) mass is 591 g/mol. The molecular weight excluding hydrogens is 546 g/mol. The Morgan fingerprint density at radius 3 is 2.24 bits per heavy atom. The van der Waals surface area contributed by atoms with Crippen molar-refractivity contribution in [3.8, 4) is 0 Å². The first kappa shape index (κ1) is 36.3. The fourth-order valence-electron chi connectivity index (χ4n) is 3.67. The lowest BCUT2D eigenvalue weighted by atomic mass is 9.93. The molecule has 0 aliphatic carbocycles. The summed E-state index contributed by atoms with van der Waals surface area (Å²) in [5.74, 6) is -3.20. The van der Waals surface area contributed by atoms with E-state index >= 15 is 0 Å². The number of allylic oxidation sites excluding steroid dienone is 1. The number of carboxylic acid groups (broad SMARTS) is 1. The first-order chi connectivity index (χ1) is 19.6. The third-order valence-electron chi connectivity index (χ3n) is 6.44. The summed E-state index contributed by atoms with van der Waals surface area (Å²) in [5, 5.41) is 24.4. The standard InChI is InChI=1S/C30H45N3O9/c1-19(2)14-24(27(37)38)42-28(39)30(4,5)18-32-29(40)33-25(35)9-7-6-8-20(3)23(34)15-21-10-12-22(13-11-21)17-41-26(36)16-31/h7,9-13,19-20,23-24,34H,6,8,14-18,31H2,1-5H3,(H,37,38)(H2,32,33,35,40)/b9-7+. The first-order valence-electron chi connectivity index (χ1n) is 13.9. The van der Waals surface area contributed by atoms with Gasteiger partial charge in [-0.1, -0.05) is 51.1 Å². The fraction of sp³-hybridized carbons (Fsp3) is 0.567. The minimum absolute atomic E-state index is 0.00467. The highest BCUT2D eigenvalue weighted by Crippen LogP contribution is 2.20. The molecule has 12 heteroatoms. The third kappa shape index (κ3) is 14.2. The van der Waals surface area contributed by atoms with Crippen molar-refractivity contribution in [2.45, 2.75) is 79.1 Å². The molecule has 3 amide bonds. The minimum atomic E-state index is -1.28. The summed E-state index contributed by atoms with van der Waals surface area (Å²) in [7, 11) is 0. The maximum atomic E-state index is 12.5. The van der Waals surface area contributed by atoms with Gasteiger partial charge in [-0.25, -0.2) is 9.59 Å². The van der Waals surface area contributed by atoms with Crippen LogP contribution in [0.4, 0.5) is 4.79 Å². The van der Waals surface area contributed by atoms with Gasteiger partial charge in [-0.15, -0.1) is 0 Å². The number of hydrogen-bond acceptors (Lipinski definition) is 9. The van der Waals surface area contributed by atoms with Gasteiger partial charge in [-0.3, -0.25) is 19.7 Å². The number of carbonyl (C=O) groups is 5. The van der Waals surface area contributed by atoms with Gasteiger partial charge in [0.25, 0.3) is 5.91 Å². The zero-order valence-electron chi connectivity index (χ0n) is 25.1. The molecule has 0 aliphatic rings. The molecule has 0 radical (unpaired) electrons. The normalized spacial score (nSPS) is 13.7. The van der Waals surface area contributed by atoms with E-state index in [0.717, 1.165) is 11.1 Å². The maximum Gasteiger partial charge on any atom is 0.345 e. The number of urea groups is 1. The fourth-order valence-corrected chi connectivity index (χ4v) is 3.67. The predicted octanol–water partition coefficient (Wildman–Crippen LogP) is 2.46. The third-order valence-corrected chi connectivity index (χ3v) is 6.44. The zero-order chi connectivity index (χ0) is 31.9. The van der Waals surface area contributed by atoms with Crippen LogP contribution in [-0.4, -0.2) is 65.4 Å². The highest BCUT2D eigenvalue weighted by atomic mass is 16.6. The van der Waals surface area contributed by atoms with Crippen LogP contribution in [-0.2, 0) is 41.7 Å². The van der Waals surface area contributed by atoms with Crippen molar-refractivity contribution in [2.24, 2.45) is 23.0 Å². The summed E-state index contributed by atoms with van der Waals surface area (Å²) < 4.78 is 10.1. The molecule has 0 heterocycles. The number of aliphatic hydroxyl groups excluding tert-OH is 1. The molecule has 0 saturated heterocycles. The van der Waals surface area contributed by atoms with E-state index in [-0.39, 0.29) is 38.0 Å². The maximum absolute atomic E-state index is 12.5. The van der Waals surface area contributed by atoms with Gasteiger partial charge in [0.1, 0.15) is 6.61 Å². The molecule has 3 atom stereocenters. The van der Waals surface area contributed by atoms with Crippen molar-refractivity contribution in [1.29, 1.82) is 0 Å². The van der Waals surface area contributed by atoms with Gasteiger partial charge in [-0.2, -0.15) is 0 Å². The van der Waals surface area contributed by atoms with E-state index in [2.05, 4.69) is 10.6 Å². The van der Waals surface area contributed by atoms with Crippen LogP contribution in [0.3, 0.4) is 0 Å². The molecule has 0 aromatic heterocycles. The number of hydrogen-bond donors (Lipinski definition) is 5. The summed E-state index contributed by atoms with van der Waals surface area (Å²) in [4.78, 5) is 59.2. The highest BCUT2D eigenvalue weighted by Gasteiger charge is 2.34. The average Bonchev–Trinajstić information content (AvgIpc) is 2.92. The van der Waals surface area contributed by atoms with E-state index in [1.165, 1.54) is 19.9 Å². The molecule has 42 heavy (non-hydrogen) atoms. The number of imide groups is 1. The summed E-state index contributed by atoms with van der Waals surface area (Å²) >= 11 is 0. The minimum Gasteiger partial charge on any atom is -0.479 e. The lowest BCUT2D eigenvalue weighted by Crippen LogP contribution is -2.46.